The van der Waals surface area contributed by atoms with Crippen LogP contribution in [0.15, 0.2) is 11.6 Å². The number of rotatable bonds is 2. The molecule has 0 bridgehead atoms. The molecule has 0 saturated carbocycles. The number of carbonyl (C=O) groups excluding carboxylic acids is 1. The second-order valence-electron chi connectivity index (χ2n) is 5.15. The fraction of sp³-hybridized carbons (Fsp3) is 0.667. The zero-order valence-corrected chi connectivity index (χ0v) is 10.4. The molecule has 0 saturated heterocycles. The van der Waals surface area contributed by atoms with E-state index in [2.05, 4.69) is 5.32 Å². The van der Waals surface area contributed by atoms with Crippen molar-refractivity contribution in [3.8, 4) is 0 Å². The predicted octanol–water partition coefficient (Wildman–Crippen LogP) is 2.07. The number of carboxylic acids is 1. The van der Waals surface area contributed by atoms with E-state index >= 15 is 0 Å². The molecule has 1 rings (SSSR count). The third kappa shape index (κ3) is 4.89. The number of alkyl carbamates (subject to hydrolysis) is 1. The Balaban J connectivity index is 2.41. The highest BCUT2D eigenvalue weighted by atomic mass is 16.6. The molecule has 0 spiro atoms. The Labute approximate surface area is 101 Å². The van der Waals surface area contributed by atoms with Crippen molar-refractivity contribution in [3.63, 3.8) is 0 Å². The first-order chi connectivity index (χ1) is 7.78. The molecule has 5 heteroatoms. The summed E-state index contributed by atoms with van der Waals surface area (Å²) in [4.78, 5) is 22.2. The van der Waals surface area contributed by atoms with E-state index in [9.17, 15) is 9.59 Å². The van der Waals surface area contributed by atoms with Gasteiger partial charge in [-0.25, -0.2) is 9.59 Å². The first-order valence-corrected chi connectivity index (χ1v) is 5.70. The monoisotopic (exact) mass is 241 g/mol. The van der Waals surface area contributed by atoms with Crippen LogP contribution in [0.3, 0.4) is 0 Å². The number of hydrogen-bond acceptors (Lipinski definition) is 3. The second kappa shape index (κ2) is 5.21. The Bertz CT molecular complexity index is 341. The third-order valence-electron chi connectivity index (χ3n) is 2.41. The minimum Gasteiger partial charge on any atom is -0.478 e. The summed E-state index contributed by atoms with van der Waals surface area (Å²) in [5, 5.41) is 11.5. The van der Waals surface area contributed by atoms with Gasteiger partial charge in [-0.1, -0.05) is 6.08 Å². The molecule has 5 nitrogen and oxygen atoms in total. The summed E-state index contributed by atoms with van der Waals surface area (Å²) in [5.74, 6) is -0.874. The van der Waals surface area contributed by atoms with Crippen LogP contribution in [-0.2, 0) is 9.53 Å². The van der Waals surface area contributed by atoms with Crippen molar-refractivity contribution in [2.45, 2.75) is 51.7 Å². The highest BCUT2D eigenvalue weighted by molar-refractivity contribution is 5.86. The van der Waals surface area contributed by atoms with Gasteiger partial charge in [0.25, 0.3) is 0 Å². The van der Waals surface area contributed by atoms with Gasteiger partial charge >= 0.3 is 12.1 Å². The number of aliphatic carboxylic acids is 1. The molecular formula is C12H19NO4. The fourth-order valence-electron chi connectivity index (χ4n) is 1.63. The molecule has 1 aliphatic rings. The van der Waals surface area contributed by atoms with Crippen molar-refractivity contribution in [1.29, 1.82) is 0 Å². The topological polar surface area (TPSA) is 75.6 Å². The van der Waals surface area contributed by atoms with Crippen LogP contribution in [0.4, 0.5) is 4.79 Å². The van der Waals surface area contributed by atoms with Gasteiger partial charge in [-0.3, -0.25) is 0 Å². The molecule has 0 heterocycles. The minimum atomic E-state index is -0.874. The lowest BCUT2D eigenvalue weighted by molar-refractivity contribution is -0.132. The number of ether oxygens (including phenoxy) is 1. The molecule has 0 radical (unpaired) electrons. The van der Waals surface area contributed by atoms with Crippen LogP contribution in [0.5, 0.6) is 0 Å². The molecule has 0 unspecified atom stereocenters. The predicted molar refractivity (Wildman–Crippen MR) is 62.7 cm³/mol. The normalized spacial score (nSPS) is 20.4. The lowest BCUT2D eigenvalue weighted by atomic mass is 9.95. The van der Waals surface area contributed by atoms with E-state index in [-0.39, 0.29) is 6.04 Å². The summed E-state index contributed by atoms with van der Waals surface area (Å²) in [5.41, 5.74) is -0.0897. The van der Waals surface area contributed by atoms with Gasteiger partial charge in [0.15, 0.2) is 0 Å². The van der Waals surface area contributed by atoms with Crippen LogP contribution >= 0.6 is 0 Å². The van der Waals surface area contributed by atoms with Gasteiger partial charge in [-0.15, -0.1) is 0 Å². The number of carboxylic acid groups (broad SMARTS) is 1. The maximum atomic E-state index is 11.5. The van der Waals surface area contributed by atoms with E-state index in [1.54, 1.807) is 26.8 Å². The molecule has 1 aliphatic carbocycles. The van der Waals surface area contributed by atoms with Crippen LogP contribution in [0.2, 0.25) is 0 Å². The van der Waals surface area contributed by atoms with Gasteiger partial charge in [-0.05, 0) is 40.0 Å². The Kier molecular flexibility index (Phi) is 4.15. The average molecular weight is 241 g/mol. The van der Waals surface area contributed by atoms with Crippen LogP contribution < -0.4 is 5.32 Å². The van der Waals surface area contributed by atoms with E-state index < -0.39 is 17.7 Å². The number of nitrogens with one attached hydrogen (secondary N) is 1. The summed E-state index contributed by atoms with van der Waals surface area (Å²) in [6, 6.07) is -0.0343. The third-order valence-corrected chi connectivity index (χ3v) is 2.41. The number of amides is 1. The van der Waals surface area contributed by atoms with Gasteiger partial charge < -0.3 is 15.2 Å². The van der Waals surface area contributed by atoms with Crippen LogP contribution in [0.25, 0.3) is 0 Å². The van der Waals surface area contributed by atoms with Crippen molar-refractivity contribution in [3.05, 3.63) is 11.6 Å². The van der Waals surface area contributed by atoms with Crippen molar-refractivity contribution in [1.82, 2.24) is 5.32 Å². The molecule has 0 aliphatic heterocycles. The molecule has 0 fully saturated rings. The molecule has 2 N–H and O–H groups in total. The van der Waals surface area contributed by atoms with Gasteiger partial charge in [0, 0.05) is 11.6 Å². The van der Waals surface area contributed by atoms with Crippen LogP contribution in [-0.4, -0.2) is 28.8 Å². The van der Waals surface area contributed by atoms with E-state index in [1.807, 2.05) is 0 Å². The molecular weight excluding hydrogens is 222 g/mol. The first-order valence-electron chi connectivity index (χ1n) is 5.70. The molecule has 0 aromatic heterocycles. The summed E-state index contributed by atoms with van der Waals surface area (Å²) in [6.07, 6.45) is 2.87. The average Bonchev–Trinajstić information content (AvgIpc) is 2.15. The van der Waals surface area contributed by atoms with Crippen LogP contribution in [0.1, 0.15) is 40.0 Å². The van der Waals surface area contributed by atoms with E-state index in [0.29, 0.717) is 24.8 Å². The number of carbonyl (C=O) groups is 2. The highest BCUT2D eigenvalue weighted by Crippen LogP contribution is 2.18. The Morgan fingerprint density at radius 1 is 1.47 bits per heavy atom. The second-order valence-corrected chi connectivity index (χ2v) is 5.15. The maximum absolute atomic E-state index is 11.5. The number of hydrogen-bond donors (Lipinski definition) is 2. The molecule has 0 aromatic carbocycles. The molecule has 1 atom stereocenters. The summed E-state index contributed by atoms with van der Waals surface area (Å²) >= 11 is 0. The van der Waals surface area contributed by atoms with Gasteiger partial charge in [0.05, 0.1) is 0 Å². The van der Waals surface area contributed by atoms with Gasteiger partial charge in [-0.2, -0.15) is 0 Å². The zero-order chi connectivity index (χ0) is 13.1. The van der Waals surface area contributed by atoms with E-state index in [0.717, 1.165) is 0 Å². The van der Waals surface area contributed by atoms with Crippen molar-refractivity contribution in [2.24, 2.45) is 0 Å². The first kappa shape index (κ1) is 13.5. The SMILES string of the molecule is CC(C)(C)OC(=O)N[C@H]1CC=C(C(=O)O)CC1. The largest absolute Gasteiger partial charge is 0.478 e. The fourth-order valence-corrected chi connectivity index (χ4v) is 1.63. The summed E-state index contributed by atoms with van der Waals surface area (Å²) in [6.45, 7) is 5.40. The molecule has 96 valence electrons. The molecule has 0 aromatic rings. The van der Waals surface area contributed by atoms with Crippen LogP contribution in [0, 0.1) is 0 Å². The van der Waals surface area contributed by atoms with E-state index in [1.165, 1.54) is 0 Å². The van der Waals surface area contributed by atoms with Gasteiger partial charge in [0.1, 0.15) is 5.60 Å². The smallest absolute Gasteiger partial charge is 0.407 e. The molecule has 1 amide bonds. The van der Waals surface area contributed by atoms with Crippen molar-refractivity contribution in [2.75, 3.05) is 0 Å². The quantitative estimate of drug-likeness (QED) is 0.776. The Morgan fingerprint density at radius 3 is 2.53 bits per heavy atom. The Morgan fingerprint density at radius 2 is 2.12 bits per heavy atom. The lowest BCUT2D eigenvalue weighted by Crippen LogP contribution is -2.39. The standard InChI is InChI=1S/C12H19NO4/c1-12(2,3)17-11(16)13-9-6-4-8(5-7-9)10(14)15/h4,9H,5-7H2,1-3H3,(H,13,16)(H,14,15)/t9-/m0/s1. The van der Waals surface area contributed by atoms with Gasteiger partial charge in [0.2, 0.25) is 0 Å². The summed E-state index contributed by atoms with van der Waals surface area (Å²) in [7, 11) is 0. The maximum Gasteiger partial charge on any atom is 0.407 e. The zero-order valence-electron chi connectivity index (χ0n) is 10.4. The van der Waals surface area contributed by atoms with E-state index in [4.69, 9.17) is 9.84 Å². The van der Waals surface area contributed by atoms with Crippen molar-refractivity contribution >= 4 is 12.1 Å². The molecule has 17 heavy (non-hydrogen) atoms. The minimum absolute atomic E-state index is 0.0343. The lowest BCUT2D eigenvalue weighted by Gasteiger charge is -2.25. The van der Waals surface area contributed by atoms with Crippen molar-refractivity contribution < 1.29 is 19.4 Å². The highest BCUT2D eigenvalue weighted by Gasteiger charge is 2.22. The Hall–Kier alpha value is -1.52. The summed E-state index contributed by atoms with van der Waals surface area (Å²) < 4.78 is 5.13.